The molecule has 11 nitrogen and oxygen atoms in total. The predicted octanol–water partition coefficient (Wildman–Crippen LogP) is 0.725. The van der Waals surface area contributed by atoms with E-state index in [1.54, 1.807) is 25.6 Å². The molecule has 176 valence electrons. The maximum Gasteiger partial charge on any atom is 0.414 e. The fraction of sp³-hybridized carbons (Fsp3) is 0.579. The van der Waals surface area contributed by atoms with Gasteiger partial charge in [0.05, 0.1) is 27.1 Å². The number of methoxy groups -OCH3 is 3. The molecule has 0 amide bonds. The number of benzene rings is 1. The van der Waals surface area contributed by atoms with Gasteiger partial charge in [0.15, 0.2) is 11.5 Å². The van der Waals surface area contributed by atoms with Gasteiger partial charge in [-0.2, -0.15) is 4.31 Å². The third-order valence-electron chi connectivity index (χ3n) is 4.55. The van der Waals surface area contributed by atoms with E-state index in [4.69, 9.17) is 34.0 Å². The molecule has 0 aliphatic carbocycles. The van der Waals surface area contributed by atoms with Crippen LogP contribution in [0.2, 0.25) is 0 Å². The topological polar surface area (TPSA) is 143 Å². The van der Waals surface area contributed by atoms with Gasteiger partial charge in [-0.25, -0.2) is 18.0 Å². The quantitative estimate of drug-likeness (QED) is 0.531. The Kier molecular flexibility index (Phi) is 10.5. The Labute approximate surface area is 182 Å². The number of rotatable bonds is 8. The van der Waals surface area contributed by atoms with Crippen LogP contribution < -0.4 is 14.2 Å². The minimum Gasteiger partial charge on any atom is -0.493 e. The minimum atomic E-state index is -3.12. The highest BCUT2D eigenvalue weighted by molar-refractivity contribution is 7.89. The zero-order valence-electron chi connectivity index (χ0n) is 18.2. The lowest BCUT2D eigenvalue weighted by Crippen LogP contribution is -2.48. The zero-order valence-corrected chi connectivity index (χ0v) is 19.0. The normalized spacial score (nSPS) is 14.8. The summed E-state index contributed by atoms with van der Waals surface area (Å²) in [6, 6.07) is 3.82. The van der Waals surface area contributed by atoms with Gasteiger partial charge in [0, 0.05) is 38.3 Å². The largest absolute Gasteiger partial charge is 0.493 e. The first kappa shape index (κ1) is 26.5. The summed E-state index contributed by atoms with van der Waals surface area (Å²) in [4.78, 5) is 20.4. The molecule has 1 heterocycles. The van der Waals surface area contributed by atoms with E-state index in [1.165, 1.54) is 0 Å². The highest BCUT2D eigenvalue weighted by Gasteiger charge is 2.27. The van der Waals surface area contributed by atoms with Crippen LogP contribution in [0.4, 0.5) is 0 Å². The van der Waals surface area contributed by atoms with Gasteiger partial charge < -0.3 is 24.4 Å². The second-order valence-electron chi connectivity index (χ2n) is 6.59. The van der Waals surface area contributed by atoms with Gasteiger partial charge in [-0.3, -0.25) is 4.90 Å². The lowest BCUT2D eigenvalue weighted by molar-refractivity contribution is -0.159. The van der Waals surface area contributed by atoms with Crippen LogP contribution in [-0.4, -0.2) is 93.0 Å². The lowest BCUT2D eigenvalue weighted by atomic mass is 10.1. The van der Waals surface area contributed by atoms with Crippen LogP contribution in [0.5, 0.6) is 17.2 Å². The zero-order chi connectivity index (χ0) is 23.6. The van der Waals surface area contributed by atoms with Crippen LogP contribution in [0.25, 0.3) is 0 Å². The van der Waals surface area contributed by atoms with Gasteiger partial charge in [-0.05, 0) is 12.5 Å². The summed E-state index contributed by atoms with van der Waals surface area (Å²) in [6.07, 6.45) is 0.644. The Bertz CT molecular complexity index is 838. The molecule has 0 unspecified atom stereocenters. The molecule has 1 aromatic carbocycles. The number of carbonyl (C=O) groups is 2. The van der Waals surface area contributed by atoms with Crippen molar-refractivity contribution in [1.82, 2.24) is 9.21 Å². The summed E-state index contributed by atoms with van der Waals surface area (Å²) in [6.45, 7) is 5.00. The average molecular weight is 463 g/mol. The van der Waals surface area contributed by atoms with Gasteiger partial charge in [0.2, 0.25) is 15.8 Å². The summed E-state index contributed by atoms with van der Waals surface area (Å²) in [5, 5.41) is 14.8. The van der Waals surface area contributed by atoms with Crippen molar-refractivity contribution in [3.05, 3.63) is 17.7 Å². The second kappa shape index (κ2) is 12.3. The van der Waals surface area contributed by atoms with E-state index >= 15 is 0 Å². The summed E-state index contributed by atoms with van der Waals surface area (Å²) >= 11 is 0. The maximum absolute atomic E-state index is 12.2. The van der Waals surface area contributed by atoms with Crippen LogP contribution >= 0.6 is 0 Å². The van der Waals surface area contributed by atoms with Crippen LogP contribution in [-0.2, 0) is 26.2 Å². The Hall–Kier alpha value is -2.57. The molecule has 2 N–H and O–H groups in total. The van der Waals surface area contributed by atoms with E-state index in [9.17, 15) is 8.42 Å². The second-order valence-corrected chi connectivity index (χ2v) is 8.68. The number of hydrogen-bond donors (Lipinski definition) is 2. The first-order valence-corrected chi connectivity index (χ1v) is 11.2. The van der Waals surface area contributed by atoms with Crippen LogP contribution in [0.15, 0.2) is 12.1 Å². The Morgan fingerprint density at radius 2 is 1.48 bits per heavy atom. The van der Waals surface area contributed by atoms with Gasteiger partial charge in [-0.1, -0.05) is 13.0 Å². The van der Waals surface area contributed by atoms with E-state index in [0.717, 1.165) is 5.56 Å². The predicted molar refractivity (Wildman–Crippen MR) is 112 cm³/mol. The molecule has 1 aromatic rings. The van der Waals surface area contributed by atoms with Crippen molar-refractivity contribution in [2.45, 2.75) is 19.9 Å². The number of carboxylic acids is 2. The van der Waals surface area contributed by atoms with Crippen molar-refractivity contribution >= 4 is 22.0 Å². The third-order valence-corrected chi connectivity index (χ3v) is 6.63. The fourth-order valence-corrected chi connectivity index (χ4v) is 4.58. The van der Waals surface area contributed by atoms with Gasteiger partial charge in [-0.15, -0.1) is 0 Å². The summed E-state index contributed by atoms with van der Waals surface area (Å²) < 4.78 is 42.2. The average Bonchev–Trinajstić information content (AvgIpc) is 2.74. The van der Waals surface area contributed by atoms with Crippen LogP contribution in [0.3, 0.4) is 0 Å². The number of hydrogen-bond acceptors (Lipinski definition) is 8. The number of nitrogens with zero attached hydrogens (tertiary/aromatic N) is 2. The molecule has 1 aliphatic rings. The molecular formula is C19H30N2O9S. The van der Waals surface area contributed by atoms with Crippen molar-refractivity contribution in [3.8, 4) is 17.2 Å². The van der Waals surface area contributed by atoms with E-state index in [2.05, 4.69) is 4.90 Å². The standard InChI is InChI=1S/C17H28N2O5S.C2H2O4/c1-5-12-25(20,21)19-10-8-18(9-11-19)13-14-6-7-15(22-2)17(24-4)16(14)23-3;3-1(4)2(5)6/h6-7H,5,8-13H2,1-4H3;(H,3,4)(H,5,6). The number of sulfonamides is 1. The van der Waals surface area contributed by atoms with Crippen molar-refractivity contribution in [2.24, 2.45) is 0 Å². The van der Waals surface area contributed by atoms with Crippen molar-refractivity contribution in [3.63, 3.8) is 0 Å². The maximum atomic E-state index is 12.2. The molecule has 31 heavy (non-hydrogen) atoms. The Morgan fingerprint density at radius 1 is 0.935 bits per heavy atom. The van der Waals surface area contributed by atoms with Crippen LogP contribution in [0, 0.1) is 0 Å². The van der Waals surface area contributed by atoms with Gasteiger partial charge in [0.1, 0.15) is 0 Å². The summed E-state index contributed by atoms with van der Waals surface area (Å²) in [7, 11) is 1.67. The molecule has 0 aromatic heterocycles. The first-order valence-electron chi connectivity index (χ1n) is 9.55. The molecule has 0 spiro atoms. The van der Waals surface area contributed by atoms with Crippen LogP contribution in [0.1, 0.15) is 18.9 Å². The summed E-state index contributed by atoms with van der Waals surface area (Å²) in [5.74, 6) is -1.57. The third kappa shape index (κ3) is 7.56. The molecule has 1 saturated heterocycles. The molecule has 0 bridgehead atoms. The Morgan fingerprint density at radius 3 is 1.90 bits per heavy atom. The molecule has 1 fully saturated rings. The molecule has 0 saturated carbocycles. The minimum absolute atomic E-state index is 0.219. The number of aliphatic carboxylic acids is 2. The molecule has 12 heteroatoms. The number of ether oxygens (including phenoxy) is 3. The highest BCUT2D eigenvalue weighted by atomic mass is 32.2. The molecule has 2 rings (SSSR count). The molecular weight excluding hydrogens is 432 g/mol. The molecule has 1 aliphatic heterocycles. The van der Waals surface area contributed by atoms with Crippen molar-refractivity contribution in [2.75, 3.05) is 53.3 Å². The number of piperazine rings is 1. The van der Waals surface area contributed by atoms with Crippen molar-refractivity contribution in [1.29, 1.82) is 0 Å². The molecule has 0 radical (unpaired) electrons. The number of carboxylic acid groups (broad SMARTS) is 2. The SMILES string of the molecule is CCCS(=O)(=O)N1CCN(Cc2ccc(OC)c(OC)c2OC)CC1.O=C(O)C(=O)O. The van der Waals surface area contributed by atoms with E-state index < -0.39 is 22.0 Å². The van der Waals surface area contributed by atoms with E-state index in [-0.39, 0.29) is 5.75 Å². The Balaban J connectivity index is 0.000000703. The monoisotopic (exact) mass is 462 g/mol. The van der Waals surface area contributed by atoms with E-state index in [1.807, 2.05) is 19.1 Å². The highest BCUT2D eigenvalue weighted by Crippen LogP contribution is 2.40. The van der Waals surface area contributed by atoms with Gasteiger partial charge in [0.25, 0.3) is 0 Å². The smallest absolute Gasteiger partial charge is 0.414 e. The van der Waals surface area contributed by atoms with Gasteiger partial charge >= 0.3 is 11.9 Å². The lowest BCUT2D eigenvalue weighted by Gasteiger charge is -2.34. The fourth-order valence-electron chi connectivity index (χ4n) is 3.08. The molecule has 0 atom stereocenters. The summed E-state index contributed by atoms with van der Waals surface area (Å²) in [5.41, 5.74) is 0.991. The van der Waals surface area contributed by atoms with Crippen molar-refractivity contribution < 1.29 is 42.4 Å². The van der Waals surface area contributed by atoms with E-state index in [0.29, 0.717) is 56.4 Å². The first-order chi connectivity index (χ1) is 14.6.